The third-order valence-electron chi connectivity index (χ3n) is 4.60. The number of amides is 2. The van der Waals surface area contributed by atoms with Crippen LogP contribution in [0.2, 0.25) is 0 Å². The fraction of sp³-hybridized carbons (Fsp3) is 0.762. The first-order valence-electron chi connectivity index (χ1n) is 10.6. The molecule has 0 aromatic rings. The summed E-state index contributed by atoms with van der Waals surface area (Å²) in [6.45, 7) is 11.5. The van der Waals surface area contributed by atoms with Crippen LogP contribution in [0.25, 0.3) is 0 Å². The summed E-state index contributed by atoms with van der Waals surface area (Å²) in [5, 5.41) is 2.65. The van der Waals surface area contributed by atoms with E-state index in [1.165, 1.54) is 11.8 Å². The van der Waals surface area contributed by atoms with Crippen LogP contribution in [0.4, 0.5) is 4.79 Å². The number of esters is 4. The number of nitrogens with one attached hydrogen (secondary N) is 1. The number of carbonyl (C=O) groups excluding carboxylic acids is 5. The molecule has 1 aliphatic heterocycles. The van der Waals surface area contributed by atoms with Gasteiger partial charge in [-0.2, -0.15) is 0 Å². The molecule has 0 saturated carbocycles. The fourth-order valence-electron chi connectivity index (χ4n) is 3.61. The third kappa shape index (κ3) is 8.52. The highest BCUT2D eigenvalue weighted by Crippen LogP contribution is 2.28. The van der Waals surface area contributed by atoms with Gasteiger partial charge >= 0.3 is 29.9 Å². The average molecular weight is 475 g/mol. The van der Waals surface area contributed by atoms with Crippen molar-refractivity contribution < 1.29 is 47.7 Å². The standard InChI is InChI=1S/C21H34N2O10/c1-10(2)23(11(3)4)21(28)22-20-19(32-15(8)27)18(31-14(7)26)17(30-13(6)25)16(33-20)9-29-12(5)24/h10-11,16-20H,9H2,1-8H3,(H,22,28)/t16-,17-,18+,19-,20+/m1/s1. The van der Waals surface area contributed by atoms with Crippen molar-refractivity contribution in [3.8, 4) is 0 Å². The maximum atomic E-state index is 13.0. The summed E-state index contributed by atoms with van der Waals surface area (Å²) in [5.41, 5.74) is 0. The van der Waals surface area contributed by atoms with Crippen molar-refractivity contribution in [1.82, 2.24) is 10.2 Å². The van der Waals surface area contributed by atoms with Crippen molar-refractivity contribution in [3.63, 3.8) is 0 Å². The zero-order valence-corrected chi connectivity index (χ0v) is 20.3. The van der Waals surface area contributed by atoms with Crippen molar-refractivity contribution in [2.24, 2.45) is 0 Å². The molecule has 1 aliphatic rings. The van der Waals surface area contributed by atoms with Crippen LogP contribution in [-0.2, 0) is 42.9 Å². The van der Waals surface area contributed by atoms with E-state index in [9.17, 15) is 24.0 Å². The SMILES string of the molecule is CC(=O)OC[C@H]1O[C@H](NC(=O)N(C(C)C)C(C)C)[C@H](OC(C)=O)[C@@H](OC(C)=O)[C@@H]1OC(C)=O. The van der Waals surface area contributed by atoms with Gasteiger partial charge in [0.15, 0.2) is 24.5 Å². The van der Waals surface area contributed by atoms with Crippen LogP contribution in [0.15, 0.2) is 0 Å². The Morgan fingerprint density at radius 2 is 1.21 bits per heavy atom. The van der Waals surface area contributed by atoms with Gasteiger partial charge < -0.3 is 33.9 Å². The van der Waals surface area contributed by atoms with Crippen molar-refractivity contribution in [1.29, 1.82) is 0 Å². The second-order valence-electron chi connectivity index (χ2n) is 8.16. The maximum Gasteiger partial charge on any atom is 0.319 e. The molecule has 2 amide bonds. The predicted octanol–water partition coefficient (Wildman–Crippen LogP) is 0.898. The van der Waals surface area contributed by atoms with Crippen molar-refractivity contribution in [3.05, 3.63) is 0 Å². The van der Waals surface area contributed by atoms with E-state index in [2.05, 4.69) is 5.32 Å². The molecule has 12 heteroatoms. The minimum absolute atomic E-state index is 0.171. The average Bonchev–Trinajstić information content (AvgIpc) is 2.63. The van der Waals surface area contributed by atoms with E-state index in [1.807, 2.05) is 27.7 Å². The molecule has 1 N–H and O–H groups in total. The zero-order chi connectivity index (χ0) is 25.5. The first-order valence-corrected chi connectivity index (χ1v) is 10.6. The van der Waals surface area contributed by atoms with Crippen molar-refractivity contribution in [2.45, 2.75) is 98.1 Å². The van der Waals surface area contributed by atoms with Crippen LogP contribution in [0.3, 0.4) is 0 Å². The van der Waals surface area contributed by atoms with E-state index in [4.69, 9.17) is 23.7 Å². The molecule has 188 valence electrons. The Morgan fingerprint density at radius 1 is 0.758 bits per heavy atom. The van der Waals surface area contributed by atoms with Crippen molar-refractivity contribution in [2.75, 3.05) is 6.61 Å². The molecule has 1 heterocycles. The van der Waals surface area contributed by atoms with Gasteiger partial charge in [0, 0.05) is 39.8 Å². The third-order valence-corrected chi connectivity index (χ3v) is 4.60. The van der Waals surface area contributed by atoms with Gasteiger partial charge in [-0.25, -0.2) is 4.79 Å². The number of ether oxygens (including phenoxy) is 5. The molecule has 1 rings (SSSR count). The minimum Gasteiger partial charge on any atom is -0.463 e. The first kappa shape index (κ1) is 28.1. The summed E-state index contributed by atoms with van der Waals surface area (Å²) in [6, 6.07) is -0.868. The maximum absolute atomic E-state index is 13.0. The smallest absolute Gasteiger partial charge is 0.319 e. The van der Waals surface area contributed by atoms with Gasteiger partial charge in [0.25, 0.3) is 0 Å². The normalized spacial score (nSPS) is 24.6. The number of rotatable bonds is 8. The second kappa shape index (κ2) is 12.4. The van der Waals surface area contributed by atoms with E-state index in [0.29, 0.717) is 0 Å². The van der Waals surface area contributed by atoms with E-state index in [-0.39, 0.29) is 18.7 Å². The Morgan fingerprint density at radius 3 is 1.64 bits per heavy atom. The fourth-order valence-corrected chi connectivity index (χ4v) is 3.61. The lowest BCUT2D eigenvalue weighted by Crippen LogP contribution is -2.67. The molecule has 0 bridgehead atoms. The summed E-state index contributed by atoms with van der Waals surface area (Å²) in [4.78, 5) is 61.3. The number of carbonyl (C=O) groups is 5. The summed E-state index contributed by atoms with van der Waals surface area (Å²) < 4.78 is 26.9. The van der Waals surface area contributed by atoms with Crippen LogP contribution >= 0.6 is 0 Å². The number of nitrogens with zero attached hydrogens (tertiary/aromatic N) is 1. The number of hydrogen-bond acceptors (Lipinski definition) is 10. The predicted molar refractivity (Wildman–Crippen MR) is 113 cm³/mol. The quantitative estimate of drug-likeness (QED) is 0.397. The highest BCUT2D eigenvalue weighted by atomic mass is 16.7. The lowest BCUT2D eigenvalue weighted by molar-refractivity contribution is -0.255. The van der Waals surface area contributed by atoms with Crippen molar-refractivity contribution >= 4 is 29.9 Å². The molecule has 0 unspecified atom stereocenters. The molecule has 12 nitrogen and oxygen atoms in total. The lowest BCUT2D eigenvalue weighted by Gasteiger charge is -2.45. The highest BCUT2D eigenvalue weighted by Gasteiger charge is 2.53. The molecule has 0 radical (unpaired) electrons. The molecular weight excluding hydrogens is 440 g/mol. The Kier molecular flexibility index (Phi) is 10.6. The second-order valence-corrected chi connectivity index (χ2v) is 8.16. The number of urea groups is 1. The van der Waals surface area contributed by atoms with Gasteiger partial charge in [-0.05, 0) is 27.7 Å². The number of hydrogen-bond donors (Lipinski definition) is 1. The zero-order valence-electron chi connectivity index (χ0n) is 20.3. The molecule has 5 atom stereocenters. The lowest BCUT2D eigenvalue weighted by atomic mass is 9.97. The van der Waals surface area contributed by atoms with E-state index >= 15 is 0 Å². The first-order chi connectivity index (χ1) is 15.2. The molecule has 33 heavy (non-hydrogen) atoms. The summed E-state index contributed by atoms with van der Waals surface area (Å²) in [5.74, 6) is -2.86. The molecule has 1 fully saturated rings. The largest absolute Gasteiger partial charge is 0.463 e. The van der Waals surface area contributed by atoms with E-state index in [0.717, 1.165) is 20.8 Å². The minimum atomic E-state index is -1.35. The highest BCUT2D eigenvalue weighted by molar-refractivity contribution is 5.75. The van der Waals surface area contributed by atoms with Gasteiger partial charge in [-0.3, -0.25) is 19.2 Å². The van der Waals surface area contributed by atoms with Crippen LogP contribution < -0.4 is 5.32 Å². The monoisotopic (exact) mass is 474 g/mol. The summed E-state index contributed by atoms with van der Waals surface area (Å²) in [7, 11) is 0. The molecule has 1 saturated heterocycles. The van der Waals surface area contributed by atoms with Crippen LogP contribution in [0, 0.1) is 0 Å². The Labute approximate surface area is 193 Å². The van der Waals surface area contributed by atoms with Gasteiger partial charge in [-0.15, -0.1) is 0 Å². The summed E-state index contributed by atoms with van der Waals surface area (Å²) in [6.07, 6.45) is -6.42. The Bertz CT molecular complexity index is 731. The topological polar surface area (TPSA) is 147 Å². The molecule has 0 aliphatic carbocycles. The van der Waals surface area contributed by atoms with Crippen LogP contribution in [-0.4, -0.2) is 84.1 Å². The molecule has 0 aromatic heterocycles. The van der Waals surface area contributed by atoms with Gasteiger partial charge in [0.05, 0.1) is 0 Å². The Balaban J connectivity index is 3.41. The summed E-state index contributed by atoms with van der Waals surface area (Å²) >= 11 is 0. The molecule has 0 aromatic carbocycles. The van der Waals surface area contributed by atoms with E-state index in [1.54, 1.807) is 0 Å². The van der Waals surface area contributed by atoms with Gasteiger partial charge in [-0.1, -0.05) is 0 Å². The Hall–Kier alpha value is -2.89. The van der Waals surface area contributed by atoms with Gasteiger partial charge in [0.2, 0.25) is 0 Å². The molecular formula is C21H34N2O10. The van der Waals surface area contributed by atoms with Crippen LogP contribution in [0.5, 0.6) is 0 Å². The molecule has 0 spiro atoms. The van der Waals surface area contributed by atoms with Crippen LogP contribution in [0.1, 0.15) is 55.4 Å². The van der Waals surface area contributed by atoms with E-state index < -0.39 is 60.6 Å². The van der Waals surface area contributed by atoms with Gasteiger partial charge in [0.1, 0.15) is 12.7 Å².